The summed E-state index contributed by atoms with van der Waals surface area (Å²) < 4.78 is 12.5. The standard InChI is InChI=1S/C33H40O6/c1-9-19(4)27(34)26-22(38-17-20-13-11-10-12-14-20)16-23-24(28(26)35)21(15-18(2)3)25-29(36)32(5,6)31(37)33(7,8)30(25)39-23/h10-14,16,18-19,21,35H,9,15,17H2,1-8H3. The molecule has 0 radical (unpaired) electrons. The summed E-state index contributed by atoms with van der Waals surface area (Å²) in [6, 6.07) is 11.2. The summed E-state index contributed by atoms with van der Waals surface area (Å²) in [5.74, 6) is -0.799. The number of Topliss-reactive ketones (excluding diaryl/α,β-unsaturated/α-hetero) is 3. The monoisotopic (exact) mass is 532 g/mol. The van der Waals surface area contributed by atoms with Crippen molar-refractivity contribution in [2.24, 2.45) is 22.7 Å². The third-order valence-electron chi connectivity index (χ3n) is 8.19. The fraction of sp³-hybridized carbons (Fsp3) is 0.485. The third kappa shape index (κ3) is 4.79. The van der Waals surface area contributed by atoms with Crippen LogP contribution in [-0.2, 0) is 16.2 Å². The van der Waals surface area contributed by atoms with Gasteiger partial charge in [-0.15, -0.1) is 0 Å². The maximum absolute atomic E-state index is 13.9. The zero-order chi connectivity index (χ0) is 28.9. The molecule has 6 heteroatoms. The van der Waals surface area contributed by atoms with Crippen molar-refractivity contribution in [1.82, 2.24) is 0 Å². The molecule has 6 nitrogen and oxygen atoms in total. The van der Waals surface area contributed by atoms with Gasteiger partial charge in [0.1, 0.15) is 35.2 Å². The zero-order valence-corrected chi connectivity index (χ0v) is 24.3. The molecule has 0 amide bonds. The van der Waals surface area contributed by atoms with Crippen LogP contribution in [0.3, 0.4) is 0 Å². The van der Waals surface area contributed by atoms with Crippen LogP contribution >= 0.6 is 0 Å². The number of ether oxygens (including phenoxy) is 2. The molecule has 1 aliphatic carbocycles. The van der Waals surface area contributed by atoms with Crippen LogP contribution in [0.2, 0.25) is 0 Å². The number of hydrogen-bond donors (Lipinski definition) is 1. The van der Waals surface area contributed by atoms with E-state index in [1.165, 1.54) is 0 Å². The number of rotatable bonds is 8. The molecule has 2 unspecified atom stereocenters. The van der Waals surface area contributed by atoms with E-state index < -0.39 is 16.7 Å². The Balaban J connectivity index is 1.96. The first-order valence-electron chi connectivity index (χ1n) is 13.9. The highest BCUT2D eigenvalue weighted by molar-refractivity contribution is 6.20. The Bertz CT molecular complexity index is 1350. The van der Waals surface area contributed by atoms with E-state index in [4.69, 9.17) is 9.47 Å². The molecular weight excluding hydrogens is 492 g/mol. The van der Waals surface area contributed by atoms with E-state index in [0.29, 0.717) is 35.5 Å². The number of phenolic OH excluding ortho intramolecular Hbond substituents is 1. The molecule has 0 aromatic heterocycles. The summed E-state index contributed by atoms with van der Waals surface area (Å²) in [4.78, 5) is 41.0. The van der Waals surface area contributed by atoms with E-state index in [1.54, 1.807) is 33.8 Å². The Labute approximate surface area is 231 Å². The second-order valence-electron chi connectivity index (χ2n) is 12.4. The molecule has 208 valence electrons. The molecule has 1 heterocycles. The third-order valence-corrected chi connectivity index (χ3v) is 8.19. The van der Waals surface area contributed by atoms with Crippen LogP contribution in [0, 0.1) is 22.7 Å². The lowest BCUT2D eigenvalue weighted by Gasteiger charge is -2.45. The average molecular weight is 533 g/mol. The van der Waals surface area contributed by atoms with Crippen molar-refractivity contribution in [2.75, 3.05) is 0 Å². The molecule has 0 bridgehead atoms. The maximum atomic E-state index is 13.9. The van der Waals surface area contributed by atoms with E-state index >= 15 is 0 Å². The Kier molecular flexibility index (Phi) is 7.54. The normalized spacial score (nSPS) is 20.3. The maximum Gasteiger partial charge on any atom is 0.175 e. The summed E-state index contributed by atoms with van der Waals surface area (Å²) >= 11 is 0. The van der Waals surface area contributed by atoms with Crippen molar-refractivity contribution < 1.29 is 29.0 Å². The van der Waals surface area contributed by atoms with Gasteiger partial charge < -0.3 is 14.6 Å². The summed E-state index contributed by atoms with van der Waals surface area (Å²) in [5, 5.41) is 11.8. The zero-order valence-electron chi connectivity index (χ0n) is 24.3. The first kappa shape index (κ1) is 28.6. The minimum absolute atomic E-state index is 0.110. The largest absolute Gasteiger partial charge is 0.507 e. The van der Waals surface area contributed by atoms with Gasteiger partial charge in [-0.25, -0.2) is 0 Å². The summed E-state index contributed by atoms with van der Waals surface area (Å²) in [7, 11) is 0. The smallest absolute Gasteiger partial charge is 0.175 e. The summed E-state index contributed by atoms with van der Waals surface area (Å²) in [6.45, 7) is 14.9. The Morgan fingerprint density at radius 2 is 1.69 bits per heavy atom. The molecule has 2 aromatic carbocycles. The number of ketones is 3. The van der Waals surface area contributed by atoms with E-state index in [2.05, 4.69) is 0 Å². The molecule has 2 atom stereocenters. The highest BCUT2D eigenvalue weighted by Gasteiger charge is 2.57. The number of carbonyl (C=O) groups excluding carboxylic acids is 3. The Morgan fingerprint density at radius 1 is 1.05 bits per heavy atom. The Hall–Kier alpha value is -3.41. The number of benzene rings is 2. The second kappa shape index (κ2) is 10.3. The SMILES string of the molecule is CCC(C)C(=O)c1c(OCc2ccccc2)cc2c(c1O)C(CC(C)C)C1=C(O2)C(C)(C)C(=O)C(C)(C)C1=O. The van der Waals surface area contributed by atoms with Crippen LogP contribution < -0.4 is 9.47 Å². The van der Waals surface area contributed by atoms with Crippen LogP contribution in [0.4, 0.5) is 0 Å². The van der Waals surface area contributed by atoms with Crippen molar-refractivity contribution in [1.29, 1.82) is 0 Å². The molecule has 1 aliphatic heterocycles. The van der Waals surface area contributed by atoms with Gasteiger partial charge >= 0.3 is 0 Å². The molecule has 1 N–H and O–H groups in total. The van der Waals surface area contributed by atoms with Gasteiger partial charge in [-0.3, -0.25) is 14.4 Å². The van der Waals surface area contributed by atoms with Gasteiger partial charge in [0, 0.05) is 29.0 Å². The summed E-state index contributed by atoms with van der Waals surface area (Å²) in [5.41, 5.74) is -0.435. The number of fused-ring (bicyclic) bond motifs is 1. The van der Waals surface area contributed by atoms with Gasteiger partial charge in [-0.2, -0.15) is 0 Å². The van der Waals surface area contributed by atoms with Gasteiger partial charge in [0.25, 0.3) is 0 Å². The van der Waals surface area contributed by atoms with Crippen molar-refractivity contribution in [3.8, 4) is 17.2 Å². The average Bonchev–Trinajstić information content (AvgIpc) is 2.89. The topological polar surface area (TPSA) is 89.9 Å². The molecule has 2 aromatic rings. The van der Waals surface area contributed by atoms with Crippen LogP contribution in [0.25, 0.3) is 0 Å². The quantitative estimate of drug-likeness (QED) is 0.286. The van der Waals surface area contributed by atoms with Gasteiger partial charge in [0.2, 0.25) is 0 Å². The highest BCUT2D eigenvalue weighted by Crippen LogP contribution is 2.57. The van der Waals surface area contributed by atoms with Gasteiger partial charge in [0.05, 0.1) is 10.8 Å². The predicted octanol–water partition coefficient (Wildman–Crippen LogP) is 7.18. The summed E-state index contributed by atoms with van der Waals surface area (Å²) in [6.07, 6.45) is 1.13. The van der Waals surface area contributed by atoms with Crippen LogP contribution in [0.5, 0.6) is 17.2 Å². The molecule has 0 fully saturated rings. The van der Waals surface area contributed by atoms with E-state index in [1.807, 2.05) is 58.0 Å². The Morgan fingerprint density at radius 3 is 2.28 bits per heavy atom. The van der Waals surface area contributed by atoms with Gasteiger partial charge in [-0.05, 0) is 52.0 Å². The molecule has 0 saturated heterocycles. The number of aromatic hydroxyl groups is 1. The van der Waals surface area contributed by atoms with Crippen LogP contribution in [-0.4, -0.2) is 22.5 Å². The molecular formula is C33H40O6. The van der Waals surface area contributed by atoms with Crippen molar-refractivity contribution in [3.63, 3.8) is 0 Å². The van der Waals surface area contributed by atoms with Crippen molar-refractivity contribution in [3.05, 3.63) is 64.4 Å². The first-order valence-corrected chi connectivity index (χ1v) is 13.9. The number of allylic oxidation sites excluding steroid dienone is 2. The lowest BCUT2D eigenvalue weighted by Crippen LogP contribution is -2.51. The molecule has 4 rings (SSSR count). The van der Waals surface area contributed by atoms with Crippen LogP contribution in [0.1, 0.15) is 95.6 Å². The minimum atomic E-state index is -1.23. The molecule has 0 saturated carbocycles. The highest BCUT2D eigenvalue weighted by atomic mass is 16.5. The van der Waals surface area contributed by atoms with E-state index in [0.717, 1.165) is 5.56 Å². The lowest BCUT2D eigenvalue weighted by molar-refractivity contribution is -0.144. The second-order valence-corrected chi connectivity index (χ2v) is 12.4. The lowest BCUT2D eigenvalue weighted by atomic mass is 9.59. The number of carbonyl (C=O) groups is 3. The van der Waals surface area contributed by atoms with Gasteiger partial charge in [-0.1, -0.05) is 58.0 Å². The van der Waals surface area contributed by atoms with E-state index in [9.17, 15) is 19.5 Å². The fourth-order valence-electron chi connectivity index (χ4n) is 5.80. The first-order chi connectivity index (χ1) is 18.2. The fourth-order valence-corrected chi connectivity index (χ4v) is 5.80. The minimum Gasteiger partial charge on any atom is -0.507 e. The molecule has 0 spiro atoms. The van der Waals surface area contributed by atoms with Crippen molar-refractivity contribution >= 4 is 17.3 Å². The number of phenols is 1. The number of hydrogen-bond acceptors (Lipinski definition) is 6. The van der Waals surface area contributed by atoms with Gasteiger partial charge in [0.15, 0.2) is 17.3 Å². The molecule has 2 aliphatic rings. The van der Waals surface area contributed by atoms with Crippen LogP contribution in [0.15, 0.2) is 47.7 Å². The van der Waals surface area contributed by atoms with E-state index in [-0.39, 0.29) is 52.9 Å². The molecule has 39 heavy (non-hydrogen) atoms. The predicted molar refractivity (Wildman–Crippen MR) is 150 cm³/mol. The van der Waals surface area contributed by atoms with Crippen molar-refractivity contribution in [2.45, 2.75) is 80.8 Å².